The molecule has 7 nitrogen and oxygen atoms in total. The number of benzene rings is 1. The Labute approximate surface area is 179 Å². The first-order chi connectivity index (χ1) is 15.3. The summed E-state index contributed by atoms with van der Waals surface area (Å²) in [5.41, 5.74) is 7.01. The third-order valence-corrected chi connectivity index (χ3v) is 6.13. The van der Waals surface area contributed by atoms with Gasteiger partial charge in [-0.15, -0.1) is 0 Å². The summed E-state index contributed by atoms with van der Waals surface area (Å²) < 4.78 is 0. The molecule has 0 aliphatic carbocycles. The van der Waals surface area contributed by atoms with Gasteiger partial charge in [-0.1, -0.05) is 12.1 Å². The Morgan fingerprint density at radius 3 is 2.61 bits per heavy atom. The zero-order chi connectivity index (χ0) is 20.8. The number of pyridine rings is 2. The zero-order valence-electron chi connectivity index (χ0n) is 17.3. The van der Waals surface area contributed by atoms with Crippen LogP contribution >= 0.6 is 0 Å². The molecule has 0 bridgehead atoms. The summed E-state index contributed by atoms with van der Waals surface area (Å²) in [6, 6.07) is 16.5. The van der Waals surface area contributed by atoms with E-state index in [-0.39, 0.29) is 0 Å². The van der Waals surface area contributed by atoms with E-state index in [1.54, 1.807) is 0 Å². The fraction of sp³-hybridized carbons (Fsp3) is 0.208. The van der Waals surface area contributed by atoms with E-state index in [1.165, 1.54) is 5.69 Å². The summed E-state index contributed by atoms with van der Waals surface area (Å²) in [5, 5.41) is 9.99. The van der Waals surface area contributed by atoms with Gasteiger partial charge in [0.05, 0.1) is 16.9 Å². The van der Waals surface area contributed by atoms with Crippen molar-refractivity contribution in [3.8, 4) is 22.6 Å². The predicted molar refractivity (Wildman–Crippen MR) is 124 cm³/mol. The lowest BCUT2D eigenvalue weighted by atomic mass is 10.1. The SMILES string of the molecule is CN1CCN(c2ccnc3[nH]c(-c4n[nH]c5ccc(-c6ccccn6)cc45)cc23)CC1. The molecule has 0 radical (unpaired) electrons. The molecule has 4 aromatic heterocycles. The maximum atomic E-state index is 4.62. The van der Waals surface area contributed by atoms with Gasteiger partial charge in [0.1, 0.15) is 11.3 Å². The van der Waals surface area contributed by atoms with Crippen LogP contribution in [0.25, 0.3) is 44.6 Å². The Balaban J connectivity index is 1.44. The van der Waals surface area contributed by atoms with Crippen LogP contribution in [0.1, 0.15) is 0 Å². The van der Waals surface area contributed by atoms with Crippen LogP contribution in [0.15, 0.2) is 60.9 Å². The number of hydrogen-bond acceptors (Lipinski definition) is 5. The molecule has 0 amide bonds. The summed E-state index contributed by atoms with van der Waals surface area (Å²) in [6.45, 7) is 4.19. The first-order valence-corrected chi connectivity index (χ1v) is 10.6. The number of nitrogens with zero attached hydrogens (tertiary/aromatic N) is 5. The Morgan fingerprint density at radius 2 is 1.77 bits per heavy atom. The van der Waals surface area contributed by atoms with Crippen molar-refractivity contribution >= 4 is 27.6 Å². The van der Waals surface area contributed by atoms with Crippen molar-refractivity contribution in [1.29, 1.82) is 0 Å². The van der Waals surface area contributed by atoms with Gasteiger partial charge in [0, 0.05) is 60.6 Å². The van der Waals surface area contributed by atoms with Gasteiger partial charge in [-0.2, -0.15) is 5.10 Å². The second-order valence-electron chi connectivity index (χ2n) is 8.11. The molecule has 1 aliphatic rings. The number of anilines is 1. The number of likely N-dealkylation sites (N-methyl/N-ethyl adjacent to an activating group) is 1. The van der Waals surface area contributed by atoms with Crippen molar-refractivity contribution < 1.29 is 0 Å². The Kier molecular flexibility index (Phi) is 4.21. The lowest BCUT2D eigenvalue weighted by Gasteiger charge is -2.34. The lowest BCUT2D eigenvalue weighted by Crippen LogP contribution is -2.44. The van der Waals surface area contributed by atoms with Gasteiger partial charge in [0.15, 0.2) is 0 Å². The molecule has 2 N–H and O–H groups in total. The zero-order valence-corrected chi connectivity index (χ0v) is 17.3. The van der Waals surface area contributed by atoms with E-state index in [0.29, 0.717) is 0 Å². The Bertz CT molecular complexity index is 1360. The number of nitrogens with one attached hydrogen (secondary N) is 2. The molecule has 5 heterocycles. The number of aromatic amines is 2. The molecule has 1 aromatic carbocycles. The molecular weight excluding hydrogens is 386 g/mol. The third kappa shape index (κ3) is 3.14. The molecule has 0 unspecified atom stereocenters. The number of aromatic nitrogens is 5. The molecule has 0 atom stereocenters. The van der Waals surface area contributed by atoms with Crippen LogP contribution in [0.2, 0.25) is 0 Å². The van der Waals surface area contributed by atoms with Crippen molar-refractivity contribution in [3.63, 3.8) is 0 Å². The fourth-order valence-electron chi connectivity index (χ4n) is 4.38. The van der Waals surface area contributed by atoms with Gasteiger partial charge in [0.25, 0.3) is 0 Å². The maximum absolute atomic E-state index is 4.62. The minimum atomic E-state index is 0.892. The number of H-pyrrole nitrogens is 2. The van der Waals surface area contributed by atoms with Crippen LogP contribution < -0.4 is 4.90 Å². The average Bonchev–Trinajstić information content (AvgIpc) is 3.43. The highest BCUT2D eigenvalue weighted by molar-refractivity contribution is 5.99. The average molecular weight is 409 g/mol. The van der Waals surface area contributed by atoms with E-state index in [9.17, 15) is 0 Å². The van der Waals surface area contributed by atoms with Gasteiger partial charge >= 0.3 is 0 Å². The standard InChI is InChI=1S/C24H23N7/c1-30-10-12-31(13-11-30)22-7-9-26-24-18(22)15-21(27-24)23-17-14-16(5-6-20(17)28-29-23)19-4-2-3-8-25-19/h2-9,14-15H,10-13H2,1H3,(H,26,27)(H,28,29). The van der Waals surface area contributed by atoms with E-state index < -0.39 is 0 Å². The largest absolute Gasteiger partial charge is 0.368 e. The normalized spacial score (nSPS) is 15.2. The summed E-state index contributed by atoms with van der Waals surface area (Å²) in [7, 11) is 2.18. The molecular formula is C24H23N7. The summed E-state index contributed by atoms with van der Waals surface area (Å²) in [4.78, 5) is 17.4. The second-order valence-corrected chi connectivity index (χ2v) is 8.11. The van der Waals surface area contributed by atoms with Gasteiger partial charge in [-0.05, 0) is 43.4 Å². The monoisotopic (exact) mass is 409 g/mol. The summed E-state index contributed by atoms with van der Waals surface area (Å²) in [6.07, 6.45) is 3.71. The first-order valence-electron chi connectivity index (χ1n) is 10.6. The van der Waals surface area contributed by atoms with Crippen molar-refractivity contribution in [2.24, 2.45) is 0 Å². The van der Waals surface area contributed by atoms with Crippen LogP contribution in [-0.4, -0.2) is 63.3 Å². The first kappa shape index (κ1) is 18.1. The lowest BCUT2D eigenvalue weighted by molar-refractivity contribution is 0.313. The molecule has 1 aliphatic heterocycles. The Morgan fingerprint density at radius 1 is 0.871 bits per heavy atom. The molecule has 1 saturated heterocycles. The fourth-order valence-corrected chi connectivity index (χ4v) is 4.38. The molecule has 0 spiro atoms. The van der Waals surface area contributed by atoms with E-state index in [4.69, 9.17) is 0 Å². The van der Waals surface area contributed by atoms with Gasteiger partial charge in [-0.25, -0.2) is 4.98 Å². The quantitative estimate of drug-likeness (QED) is 0.472. The molecule has 7 heteroatoms. The second kappa shape index (κ2) is 7.21. The highest BCUT2D eigenvalue weighted by atomic mass is 15.2. The Hall–Kier alpha value is -3.71. The summed E-state index contributed by atoms with van der Waals surface area (Å²) >= 11 is 0. The van der Waals surface area contributed by atoms with Crippen LogP contribution in [-0.2, 0) is 0 Å². The number of fused-ring (bicyclic) bond motifs is 2. The highest BCUT2D eigenvalue weighted by Crippen LogP contribution is 2.34. The number of hydrogen-bond donors (Lipinski definition) is 2. The van der Waals surface area contributed by atoms with Crippen LogP contribution in [0.3, 0.4) is 0 Å². The van der Waals surface area contributed by atoms with Gasteiger partial charge in [-0.3, -0.25) is 10.1 Å². The maximum Gasteiger partial charge on any atom is 0.139 e. The molecule has 31 heavy (non-hydrogen) atoms. The minimum absolute atomic E-state index is 0.892. The molecule has 6 rings (SSSR count). The molecule has 0 saturated carbocycles. The van der Waals surface area contributed by atoms with E-state index in [0.717, 1.165) is 70.8 Å². The molecule has 1 fully saturated rings. The van der Waals surface area contributed by atoms with Crippen molar-refractivity contribution in [2.45, 2.75) is 0 Å². The van der Waals surface area contributed by atoms with E-state index in [2.05, 4.69) is 72.3 Å². The van der Waals surface area contributed by atoms with Crippen LogP contribution in [0, 0.1) is 0 Å². The van der Waals surface area contributed by atoms with Gasteiger partial charge < -0.3 is 14.8 Å². The van der Waals surface area contributed by atoms with Crippen molar-refractivity contribution in [3.05, 3.63) is 60.9 Å². The molecule has 5 aromatic rings. The van der Waals surface area contributed by atoms with E-state index in [1.807, 2.05) is 30.6 Å². The van der Waals surface area contributed by atoms with E-state index >= 15 is 0 Å². The molecule has 154 valence electrons. The number of piperazine rings is 1. The van der Waals surface area contributed by atoms with Crippen LogP contribution in [0.4, 0.5) is 5.69 Å². The van der Waals surface area contributed by atoms with Crippen molar-refractivity contribution in [2.75, 3.05) is 38.1 Å². The smallest absolute Gasteiger partial charge is 0.139 e. The summed E-state index contributed by atoms with van der Waals surface area (Å²) in [5.74, 6) is 0. The minimum Gasteiger partial charge on any atom is -0.368 e. The highest BCUT2D eigenvalue weighted by Gasteiger charge is 2.19. The predicted octanol–water partition coefficient (Wildman–Crippen LogP) is 3.92. The topological polar surface area (TPSA) is 76.7 Å². The number of rotatable bonds is 3. The van der Waals surface area contributed by atoms with Gasteiger partial charge in [0.2, 0.25) is 0 Å². The van der Waals surface area contributed by atoms with Crippen LogP contribution in [0.5, 0.6) is 0 Å². The van der Waals surface area contributed by atoms with Crippen molar-refractivity contribution in [1.82, 2.24) is 30.0 Å². The third-order valence-electron chi connectivity index (χ3n) is 6.13.